The third-order valence-electron chi connectivity index (χ3n) is 2.22. The molecule has 1 rings (SSSR count). The molecule has 2 nitrogen and oxygen atoms in total. The number of halogens is 2. The van der Waals surface area contributed by atoms with Crippen molar-refractivity contribution in [2.75, 3.05) is 13.1 Å². The third kappa shape index (κ3) is 4.61. The normalized spacial score (nSPS) is 10.1. The molecule has 0 saturated carbocycles. The van der Waals surface area contributed by atoms with Crippen molar-refractivity contribution in [2.24, 2.45) is 0 Å². The first kappa shape index (κ1) is 13.0. The van der Waals surface area contributed by atoms with E-state index in [1.54, 1.807) is 12.1 Å². The Morgan fingerprint density at radius 1 is 1.38 bits per heavy atom. The molecule has 1 N–H and O–H groups in total. The Morgan fingerprint density at radius 2 is 2.19 bits per heavy atom. The molecule has 0 aliphatic rings. The van der Waals surface area contributed by atoms with Crippen LogP contribution in [-0.4, -0.2) is 13.1 Å². The molecule has 0 saturated heterocycles. The number of nitrogens with zero attached hydrogens (tertiary/aromatic N) is 1. The van der Waals surface area contributed by atoms with Crippen molar-refractivity contribution >= 4 is 11.6 Å². The minimum absolute atomic E-state index is 0.169. The van der Waals surface area contributed by atoms with Crippen LogP contribution in [0.3, 0.4) is 0 Å². The van der Waals surface area contributed by atoms with E-state index in [2.05, 4.69) is 11.4 Å². The van der Waals surface area contributed by atoms with Crippen LogP contribution in [0.5, 0.6) is 0 Å². The van der Waals surface area contributed by atoms with E-state index in [-0.39, 0.29) is 10.8 Å². The molecule has 1 aromatic rings. The van der Waals surface area contributed by atoms with Gasteiger partial charge in [-0.3, -0.25) is 0 Å². The van der Waals surface area contributed by atoms with E-state index in [0.717, 1.165) is 31.5 Å². The number of nitrogens with one attached hydrogen (secondary N) is 1. The summed E-state index contributed by atoms with van der Waals surface area (Å²) in [6.07, 6.45) is 2.25. The first-order valence-corrected chi connectivity index (χ1v) is 5.63. The van der Waals surface area contributed by atoms with Gasteiger partial charge in [-0.25, -0.2) is 4.39 Å². The van der Waals surface area contributed by atoms with Crippen LogP contribution in [0.1, 0.15) is 18.4 Å². The summed E-state index contributed by atoms with van der Waals surface area (Å²) in [5.41, 5.74) is 1.01. The van der Waals surface area contributed by atoms with Crippen LogP contribution in [0.25, 0.3) is 0 Å². The van der Waals surface area contributed by atoms with Gasteiger partial charge in [-0.05, 0) is 43.6 Å². The lowest BCUT2D eigenvalue weighted by Crippen LogP contribution is -2.18. The fourth-order valence-corrected chi connectivity index (χ4v) is 1.55. The lowest BCUT2D eigenvalue weighted by atomic mass is 10.1. The standard InChI is InChI=1S/C12H14ClFN2/c13-11-9-10(3-4-12(11)14)5-8-16-7-2-1-6-15/h3-4,9,16H,1-2,5,7-8H2. The summed E-state index contributed by atoms with van der Waals surface area (Å²) in [5, 5.41) is 11.7. The van der Waals surface area contributed by atoms with Crippen molar-refractivity contribution in [2.45, 2.75) is 19.3 Å². The molecule has 0 unspecified atom stereocenters. The van der Waals surface area contributed by atoms with Crippen LogP contribution in [0.4, 0.5) is 4.39 Å². The first-order valence-electron chi connectivity index (χ1n) is 5.25. The third-order valence-corrected chi connectivity index (χ3v) is 2.51. The Morgan fingerprint density at radius 3 is 2.88 bits per heavy atom. The zero-order chi connectivity index (χ0) is 11.8. The van der Waals surface area contributed by atoms with Gasteiger partial charge in [0.05, 0.1) is 11.1 Å². The summed E-state index contributed by atoms with van der Waals surface area (Å²) in [5.74, 6) is -0.382. The van der Waals surface area contributed by atoms with Gasteiger partial charge in [0.2, 0.25) is 0 Å². The Balaban J connectivity index is 2.22. The van der Waals surface area contributed by atoms with Crippen LogP contribution >= 0.6 is 11.6 Å². The fourth-order valence-electron chi connectivity index (χ4n) is 1.35. The highest BCUT2D eigenvalue weighted by Gasteiger charge is 2.00. The van der Waals surface area contributed by atoms with E-state index in [0.29, 0.717) is 6.42 Å². The van der Waals surface area contributed by atoms with E-state index < -0.39 is 0 Å². The summed E-state index contributed by atoms with van der Waals surface area (Å²) in [7, 11) is 0. The van der Waals surface area contributed by atoms with Gasteiger partial charge in [0.15, 0.2) is 0 Å². The average Bonchev–Trinajstić information content (AvgIpc) is 2.28. The molecule has 0 aliphatic carbocycles. The maximum Gasteiger partial charge on any atom is 0.141 e. The molecule has 0 aromatic heterocycles. The average molecular weight is 241 g/mol. The Bertz CT molecular complexity index is 374. The highest BCUT2D eigenvalue weighted by Crippen LogP contribution is 2.15. The highest BCUT2D eigenvalue weighted by atomic mass is 35.5. The number of benzene rings is 1. The van der Waals surface area contributed by atoms with E-state index in [1.807, 2.05) is 0 Å². The zero-order valence-electron chi connectivity index (χ0n) is 8.97. The molecule has 86 valence electrons. The molecule has 0 atom stereocenters. The van der Waals surface area contributed by atoms with Gasteiger partial charge >= 0.3 is 0 Å². The molecule has 4 heteroatoms. The topological polar surface area (TPSA) is 35.8 Å². The Labute approximate surface area is 100 Å². The van der Waals surface area contributed by atoms with Gasteiger partial charge in [0, 0.05) is 6.42 Å². The molecule has 0 spiro atoms. The van der Waals surface area contributed by atoms with Crippen molar-refractivity contribution in [1.29, 1.82) is 5.26 Å². The van der Waals surface area contributed by atoms with Crippen molar-refractivity contribution in [3.05, 3.63) is 34.6 Å². The van der Waals surface area contributed by atoms with Gasteiger partial charge in [-0.2, -0.15) is 5.26 Å². The highest BCUT2D eigenvalue weighted by molar-refractivity contribution is 6.30. The zero-order valence-corrected chi connectivity index (χ0v) is 9.73. The summed E-state index contributed by atoms with van der Waals surface area (Å²) < 4.78 is 12.8. The number of rotatable bonds is 6. The Kier molecular flexibility index (Phi) is 5.84. The number of hydrogen-bond acceptors (Lipinski definition) is 2. The first-order chi connectivity index (χ1) is 7.74. The molecule has 0 heterocycles. The number of unbranched alkanes of at least 4 members (excludes halogenated alkanes) is 1. The maximum atomic E-state index is 12.8. The molecular weight excluding hydrogens is 227 g/mol. The van der Waals surface area contributed by atoms with Crippen molar-refractivity contribution in [3.8, 4) is 6.07 Å². The maximum absolute atomic E-state index is 12.8. The van der Waals surface area contributed by atoms with Crippen molar-refractivity contribution in [1.82, 2.24) is 5.32 Å². The van der Waals surface area contributed by atoms with Crippen LogP contribution in [-0.2, 0) is 6.42 Å². The van der Waals surface area contributed by atoms with E-state index in [9.17, 15) is 4.39 Å². The van der Waals surface area contributed by atoms with Gasteiger partial charge < -0.3 is 5.32 Å². The van der Waals surface area contributed by atoms with Crippen LogP contribution in [0.15, 0.2) is 18.2 Å². The number of nitriles is 1. The largest absolute Gasteiger partial charge is 0.316 e. The second kappa shape index (κ2) is 7.21. The second-order valence-electron chi connectivity index (χ2n) is 3.51. The molecule has 16 heavy (non-hydrogen) atoms. The smallest absolute Gasteiger partial charge is 0.141 e. The number of hydrogen-bond donors (Lipinski definition) is 1. The van der Waals surface area contributed by atoms with Gasteiger partial charge in [-0.1, -0.05) is 17.7 Å². The second-order valence-corrected chi connectivity index (χ2v) is 3.92. The Hall–Kier alpha value is -1.11. The van der Waals surface area contributed by atoms with Crippen LogP contribution in [0, 0.1) is 17.1 Å². The fraction of sp³-hybridized carbons (Fsp3) is 0.417. The predicted octanol–water partition coefficient (Wildman–Crippen LogP) is 2.91. The minimum atomic E-state index is -0.382. The summed E-state index contributed by atoms with van der Waals surface area (Å²) in [4.78, 5) is 0. The van der Waals surface area contributed by atoms with Crippen molar-refractivity contribution in [3.63, 3.8) is 0 Å². The van der Waals surface area contributed by atoms with E-state index in [1.165, 1.54) is 6.07 Å². The summed E-state index contributed by atoms with van der Waals surface area (Å²) in [6, 6.07) is 6.85. The molecule has 0 bridgehead atoms. The molecule has 0 radical (unpaired) electrons. The summed E-state index contributed by atoms with van der Waals surface area (Å²) in [6.45, 7) is 1.65. The molecular formula is C12H14ClFN2. The van der Waals surface area contributed by atoms with Gasteiger partial charge in [0.1, 0.15) is 5.82 Å². The molecule has 0 amide bonds. The van der Waals surface area contributed by atoms with Gasteiger partial charge in [0.25, 0.3) is 0 Å². The van der Waals surface area contributed by atoms with E-state index in [4.69, 9.17) is 16.9 Å². The van der Waals surface area contributed by atoms with Crippen LogP contribution < -0.4 is 5.32 Å². The minimum Gasteiger partial charge on any atom is -0.316 e. The van der Waals surface area contributed by atoms with Gasteiger partial charge in [-0.15, -0.1) is 0 Å². The monoisotopic (exact) mass is 240 g/mol. The quantitative estimate of drug-likeness (QED) is 0.776. The summed E-state index contributed by atoms with van der Waals surface area (Å²) >= 11 is 5.66. The molecule has 0 fully saturated rings. The van der Waals surface area contributed by atoms with Crippen LogP contribution in [0.2, 0.25) is 5.02 Å². The SMILES string of the molecule is N#CCCCNCCc1ccc(F)c(Cl)c1. The molecule has 1 aromatic carbocycles. The van der Waals surface area contributed by atoms with Crippen molar-refractivity contribution < 1.29 is 4.39 Å². The molecule has 0 aliphatic heterocycles. The predicted molar refractivity (Wildman–Crippen MR) is 62.8 cm³/mol. The lowest BCUT2D eigenvalue weighted by Gasteiger charge is -2.04. The lowest BCUT2D eigenvalue weighted by molar-refractivity contribution is 0.625. The van der Waals surface area contributed by atoms with E-state index >= 15 is 0 Å².